The van der Waals surface area contributed by atoms with Crippen LogP contribution in [0.3, 0.4) is 0 Å². The minimum Gasteiger partial charge on any atom is -0.256 e. The lowest BCUT2D eigenvalue weighted by Gasteiger charge is -1.98. The van der Waals surface area contributed by atoms with E-state index >= 15 is 0 Å². The Morgan fingerprint density at radius 3 is 2.67 bits per heavy atom. The molecule has 0 atom stereocenters. The molecule has 3 nitrogen and oxygen atoms in total. The van der Waals surface area contributed by atoms with Gasteiger partial charge in [-0.2, -0.15) is 5.26 Å². The van der Waals surface area contributed by atoms with Gasteiger partial charge in [0.15, 0.2) is 5.69 Å². The van der Waals surface area contributed by atoms with Gasteiger partial charge in [0.2, 0.25) is 6.43 Å². The smallest absolute Gasteiger partial charge is 0.244 e. The van der Waals surface area contributed by atoms with Crippen molar-refractivity contribution >= 4 is 0 Å². The molecule has 0 bridgehead atoms. The van der Waals surface area contributed by atoms with Crippen molar-refractivity contribution in [2.75, 3.05) is 0 Å². The molecule has 62 valence electrons. The molecule has 0 saturated carbocycles. The monoisotopic (exact) mass is 169 g/mol. The SMILES string of the molecule is N#Cc1nccnc1CC(F)F. The van der Waals surface area contributed by atoms with Crippen LogP contribution in [0, 0.1) is 11.3 Å². The van der Waals surface area contributed by atoms with Crippen LogP contribution in [-0.4, -0.2) is 16.4 Å². The predicted molar refractivity (Wildman–Crippen MR) is 36.5 cm³/mol. The van der Waals surface area contributed by atoms with Crippen molar-refractivity contribution in [2.24, 2.45) is 0 Å². The van der Waals surface area contributed by atoms with Crippen molar-refractivity contribution in [3.63, 3.8) is 0 Å². The van der Waals surface area contributed by atoms with Gasteiger partial charge in [0.05, 0.1) is 12.1 Å². The minimum atomic E-state index is -2.49. The first kappa shape index (κ1) is 8.53. The first-order valence-electron chi connectivity index (χ1n) is 3.22. The molecule has 0 saturated heterocycles. The molecule has 0 amide bonds. The Hall–Kier alpha value is -1.57. The maximum Gasteiger partial charge on any atom is 0.244 e. The molecule has 0 aliphatic rings. The zero-order valence-corrected chi connectivity index (χ0v) is 6.04. The van der Waals surface area contributed by atoms with E-state index in [2.05, 4.69) is 9.97 Å². The molecule has 0 N–H and O–H groups in total. The van der Waals surface area contributed by atoms with E-state index < -0.39 is 12.8 Å². The van der Waals surface area contributed by atoms with Gasteiger partial charge in [-0.15, -0.1) is 0 Å². The van der Waals surface area contributed by atoms with Gasteiger partial charge < -0.3 is 0 Å². The maximum atomic E-state index is 11.9. The Labute approximate surface area is 67.7 Å². The average Bonchev–Trinajstić information content (AvgIpc) is 2.04. The summed E-state index contributed by atoms with van der Waals surface area (Å²) in [5.41, 5.74) is 0.0211. The van der Waals surface area contributed by atoms with Crippen LogP contribution >= 0.6 is 0 Å². The molecule has 0 fully saturated rings. The first-order valence-corrected chi connectivity index (χ1v) is 3.22. The van der Waals surface area contributed by atoms with Crippen molar-refractivity contribution in [3.05, 3.63) is 23.8 Å². The van der Waals surface area contributed by atoms with Crippen LogP contribution in [-0.2, 0) is 6.42 Å². The molecule has 0 aromatic carbocycles. The maximum absolute atomic E-state index is 11.9. The molecule has 5 heteroatoms. The molecule has 0 aliphatic carbocycles. The normalized spacial score (nSPS) is 9.83. The van der Waals surface area contributed by atoms with Gasteiger partial charge in [-0.25, -0.2) is 13.8 Å². The summed E-state index contributed by atoms with van der Waals surface area (Å²) in [6.45, 7) is 0. The van der Waals surface area contributed by atoms with Gasteiger partial charge in [-0.05, 0) is 0 Å². The van der Waals surface area contributed by atoms with E-state index in [9.17, 15) is 8.78 Å². The number of rotatable bonds is 2. The van der Waals surface area contributed by atoms with Crippen molar-refractivity contribution in [3.8, 4) is 6.07 Å². The van der Waals surface area contributed by atoms with Crippen LogP contribution in [0.4, 0.5) is 8.78 Å². The molecular weight excluding hydrogens is 164 g/mol. The number of aromatic nitrogens is 2. The zero-order valence-electron chi connectivity index (χ0n) is 6.04. The van der Waals surface area contributed by atoms with Crippen LogP contribution in [0.2, 0.25) is 0 Å². The van der Waals surface area contributed by atoms with Gasteiger partial charge in [-0.1, -0.05) is 0 Å². The van der Waals surface area contributed by atoms with Crippen LogP contribution in [0.1, 0.15) is 11.4 Å². The van der Waals surface area contributed by atoms with Gasteiger partial charge in [0.1, 0.15) is 6.07 Å². The quantitative estimate of drug-likeness (QED) is 0.667. The van der Waals surface area contributed by atoms with Crippen LogP contribution < -0.4 is 0 Å². The van der Waals surface area contributed by atoms with Gasteiger partial charge in [-0.3, -0.25) is 4.98 Å². The van der Waals surface area contributed by atoms with Gasteiger partial charge in [0.25, 0.3) is 0 Å². The molecule has 0 unspecified atom stereocenters. The van der Waals surface area contributed by atoms with E-state index in [0.29, 0.717) is 0 Å². The summed E-state index contributed by atoms with van der Waals surface area (Å²) in [5.74, 6) is 0. The Balaban J connectivity index is 2.91. The third kappa shape index (κ3) is 1.95. The lowest BCUT2D eigenvalue weighted by Crippen LogP contribution is -2.03. The Morgan fingerprint density at radius 1 is 1.42 bits per heavy atom. The molecule has 1 rings (SSSR count). The van der Waals surface area contributed by atoms with E-state index in [1.165, 1.54) is 12.4 Å². The molecule has 0 radical (unpaired) electrons. The second kappa shape index (κ2) is 3.72. The van der Waals surface area contributed by atoms with E-state index in [-0.39, 0.29) is 11.4 Å². The van der Waals surface area contributed by atoms with Crippen molar-refractivity contribution < 1.29 is 8.78 Å². The molecule has 1 aromatic heterocycles. The minimum absolute atomic E-state index is 0.0298. The Bertz CT molecular complexity index is 306. The lowest BCUT2D eigenvalue weighted by atomic mass is 10.2. The number of nitriles is 1. The van der Waals surface area contributed by atoms with Gasteiger partial charge in [0, 0.05) is 12.4 Å². The van der Waals surface area contributed by atoms with Crippen LogP contribution in [0.25, 0.3) is 0 Å². The summed E-state index contributed by atoms with van der Waals surface area (Å²) in [6, 6.07) is 1.69. The molecule has 0 aliphatic heterocycles. The number of halogens is 2. The third-order valence-corrected chi connectivity index (χ3v) is 1.23. The fraction of sp³-hybridized carbons (Fsp3) is 0.286. The summed E-state index contributed by atoms with van der Waals surface area (Å²) in [7, 11) is 0. The van der Waals surface area contributed by atoms with Crippen molar-refractivity contribution in [1.82, 2.24) is 9.97 Å². The van der Waals surface area contributed by atoms with E-state index in [0.717, 1.165) is 0 Å². The van der Waals surface area contributed by atoms with E-state index in [4.69, 9.17) is 5.26 Å². The van der Waals surface area contributed by atoms with Crippen molar-refractivity contribution in [1.29, 1.82) is 5.26 Å². The Morgan fingerprint density at radius 2 is 2.08 bits per heavy atom. The summed E-state index contributed by atoms with van der Waals surface area (Å²) >= 11 is 0. The van der Waals surface area contributed by atoms with Crippen LogP contribution in [0.15, 0.2) is 12.4 Å². The van der Waals surface area contributed by atoms with E-state index in [1.54, 1.807) is 6.07 Å². The number of hydrogen-bond donors (Lipinski definition) is 0. The number of hydrogen-bond acceptors (Lipinski definition) is 3. The summed E-state index contributed by atoms with van der Waals surface area (Å²) in [4.78, 5) is 7.22. The zero-order chi connectivity index (χ0) is 8.97. The molecular formula is C7H5F2N3. The number of nitrogens with zero attached hydrogens (tertiary/aromatic N) is 3. The summed E-state index contributed by atoms with van der Waals surface area (Å²) < 4.78 is 23.7. The summed E-state index contributed by atoms with van der Waals surface area (Å²) in [5, 5.41) is 8.43. The fourth-order valence-corrected chi connectivity index (χ4v) is 0.756. The largest absolute Gasteiger partial charge is 0.256 e. The fourth-order valence-electron chi connectivity index (χ4n) is 0.756. The second-order valence-electron chi connectivity index (χ2n) is 2.06. The van der Waals surface area contributed by atoms with Gasteiger partial charge >= 0.3 is 0 Å². The topological polar surface area (TPSA) is 49.6 Å². The van der Waals surface area contributed by atoms with E-state index in [1.807, 2.05) is 0 Å². The highest BCUT2D eigenvalue weighted by molar-refractivity contribution is 5.24. The summed E-state index contributed by atoms with van der Waals surface area (Å²) in [6.07, 6.45) is -0.420. The molecule has 1 aromatic rings. The Kier molecular flexibility index (Phi) is 2.64. The first-order chi connectivity index (χ1) is 5.74. The second-order valence-corrected chi connectivity index (χ2v) is 2.06. The van der Waals surface area contributed by atoms with Crippen molar-refractivity contribution in [2.45, 2.75) is 12.8 Å². The molecule has 1 heterocycles. The highest BCUT2D eigenvalue weighted by Crippen LogP contribution is 2.06. The highest BCUT2D eigenvalue weighted by Gasteiger charge is 2.10. The lowest BCUT2D eigenvalue weighted by molar-refractivity contribution is 0.147. The number of alkyl halides is 2. The molecule has 12 heavy (non-hydrogen) atoms. The van der Waals surface area contributed by atoms with Crippen LogP contribution in [0.5, 0.6) is 0 Å². The molecule has 0 spiro atoms. The third-order valence-electron chi connectivity index (χ3n) is 1.23. The predicted octanol–water partition coefficient (Wildman–Crippen LogP) is 1.16. The average molecular weight is 169 g/mol. The standard InChI is InChI=1S/C7H5F2N3/c8-7(9)3-5-6(4-10)12-2-1-11-5/h1-2,7H,3H2. The highest BCUT2D eigenvalue weighted by atomic mass is 19.3.